The zero-order valence-corrected chi connectivity index (χ0v) is 13.2. The molecule has 96 valence electrons. The Hall–Kier alpha value is -1.10. The molecule has 1 heterocycles. The predicted molar refractivity (Wildman–Crippen MR) is 86.8 cm³/mol. The Morgan fingerprint density at radius 2 is 2.11 bits per heavy atom. The molecule has 5 heteroatoms. The Balaban J connectivity index is 2.01. The summed E-state index contributed by atoms with van der Waals surface area (Å²) in [5.41, 5.74) is 3.14. The molecule has 2 nitrogen and oxygen atoms in total. The molecule has 0 saturated carbocycles. The Morgan fingerprint density at radius 3 is 2.89 bits per heavy atom. The standard InChI is InChI=1S/C14H10BrClN2S/c1-8-5-6-9(15)7-12(8)18-14-17-11-4-2-3-10(16)13(11)19-14/h2-7H,1H3,(H,17,18). The maximum Gasteiger partial charge on any atom is 0.188 e. The van der Waals surface area contributed by atoms with Gasteiger partial charge in [0.15, 0.2) is 5.13 Å². The summed E-state index contributed by atoms with van der Waals surface area (Å²) in [6.45, 7) is 2.06. The van der Waals surface area contributed by atoms with E-state index in [-0.39, 0.29) is 0 Å². The first-order valence-electron chi connectivity index (χ1n) is 5.72. The van der Waals surface area contributed by atoms with E-state index in [4.69, 9.17) is 11.6 Å². The summed E-state index contributed by atoms with van der Waals surface area (Å²) in [5.74, 6) is 0. The fraction of sp³-hybridized carbons (Fsp3) is 0.0714. The SMILES string of the molecule is Cc1ccc(Br)cc1Nc1nc2cccc(Cl)c2s1. The first-order chi connectivity index (χ1) is 9.13. The average Bonchev–Trinajstić information content (AvgIpc) is 2.78. The first kappa shape index (κ1) is 12.9. The maximum absolute atomic E-state index is 6.16. The first-order valence-corrected chi connectivity index (χ1v) is 7.70. The van der Waals surface area contributed by atoms with Crippen LogP contribution in [-0.2, 0) is 0 Å². The van der Waals surface area contributed by atoms with Crippen molar-refractivity contribution < 1.29 is 0 Å². The molecule has 0 amide bonds. The molecule has 3 rings (SSSR count). The minimum atomic E-state index is 0.744. The van der Waals surface area contributed by atoms with Crippen LogP contribution >= 0.6 is 38.9 Å². The second-order valence-corrected chi connectivity index (χ2v) is 6.51. The van der Waals surface area contributed by atoms with Gasteiger partial charge < -0.3 is 5.32 Å². The summed E-state index contributed by atoms with van der Waals surface area (Å²) >= 11 is 11.2. The molecule has 1 N–H and O–H groups in total. The zero-order valence-electron chi connectivity index (χ0n) is 10.1. The lowest BCUT2D eigenvalue weighted by atomic mass is 10.2. The molecule has 0 aliphatic rings. The highest BCUT2D eigenvalue weighted by Crippen LogP contribution is 2.34. The molecule has 1 aromatic heterocycles. The van der Waals surface area contributed by atoms with Crippen molar-refractivity contribution in [3.8, 4) is 0 Å². The van der Waals surface area contributed by atoms with Crippen LogP contribution in [0, 0.1) is 6.92 Å². The molecule has 0 unspecified atom stereocenters. The van der Waals surface area contributed by atoms with Gasteiger partial charge in [0.25, 0.3) is 0 Å². The van der Waals surface area contributed by atoms with Gasteiger partial charge >= 0.3 is 0 Å². The number of hydrogen-bond acceptors (Lipinski definition) is 3. The summed E-state index contributed by atoms with van der Waals surface area (Å²) in [4.78, 5) is 4.55. The number of anilines is 2. The number of nitrogens with one attached hydrogen (secondary N) is 1. The summed E-state index contributed by atoms with van der Waals surface area (Å²) in [6.07, 6.45) is 0. The number of halogens is 2. The summed E-state index contributed by atoms with van der Waals surface area (Å²) in [7, 11) is 0. The van der Waals surface area contributed by atoms with Gasteiger partial charge in [-0.1, -0.05) is 51.0 Å². The number of thiazole rings is 1. The Bertz CT molecular complexity index is 754. The van der Waals surface area contributed by atoms with Crippen LogP contribution in [0.1, 0.15) is 5.56 Å². The molecule has 0 fully saturated rings. The van der Waals surface area contributed by atoms with Crippen LogP contribution in [0.5, 0.6) is 0 Å². The third-order valence-corrected chi connectivity index (χ3v) is 4.75. The number of aryl methyl sites for hydroxylation is 1. The van der Waals surface area contributed by atoms with E-state index in [1.807, 2.05) is 30.3 Å². The number of hydrogen-bond donors (Lipinski definition) is 1. The fourth-order valence-corrected chi connectivity index (χ4v) is 3.34. The van der Waals surface area contributed by atoms with Gasteiger partial charge in [-0.25, -0.2) is 4.98 Å². The number of aromatic nitrogens is 1. The van der Waals surface area contributed by atoms with E-state index < -0.39 is 0 Å². The normalized spacial score (nSPS) is 10.9. The van der Waals surface area contributed by atoms with Gasteiger partial charge in [-0.05, 0) is 36.8 Å². The van der Waals surface area contributed by atoms with Crippen molar-refractivity contribution in [2.24, 2.45) is 0 Å². The summed E-state index contributed by atoms with van der Waals surface area (Å²) in [6, 6.07) is 11.9. The monoisotopic (exact) mass is 352 g/mol. The smallest absolute Gasteiger partial charge is 0.188 e. The zero-order chi connectivity index (χ0) is 13.4. The number of nitrogens with zero attached hydrogens (tertiary/aromatic N) is 1. The second-order valence-electron chi connectivity index (χ2n) is 4.19. The molecule has 0 aliphatic carbocycles. The van der Waals surface area contributed by atoms with Crippen molar-refractivity contribution in [2.45, 2.75) is 6.92 Å². The Labute approximate surface area is 128 Å². The van der Waals surface area contributed by atoms with Crippen LogP contribution in [0.15, 0.2) is 40.9 Å². The highest BCUT2D eigenvalue weighted by Gasteiger charge is 2.08. The predicted octanol–water partition coefficient (Wildman–Crippen LogP) is 5.76. The quantitative estimate of drug-likeness (QED) is 0.633. The molecule has 0 spiro atoms. The van der Waals surface area contributed by atoms with Gasteiger partial charge in [0, 0.05) is 10.2 Å². The van der Waals surface area contributed by atoms with Crippen LogP contribution in [0.2, 0.25) is 5.02 Å². The van der Waals surface area contributed by atoms with Crippen molar-refractivity contribution in [1.82, 2.24) is 4.98 Å². The lowest BCUT2D eigenvalue weighted by Crippen LogP contribution is -1.92. The molecule has 0 saturated heterocycles. The van der Waals surface area contributed by atoms with E-state index in [1.54, 1.807) is 11.3 Å². The molecule has 0 radical (unpaired) electrons. The van der Waals surface area contributed by atoms with Crippen LogP contribution < -0.4 is 5.32 Å². The van der Waals surface area contributed by atoms with E-state index in [9.17, 15) is 0 Å². The third kappa shape index (κ3) is 2.61. The van der Waals surface area contributed by atoms with Gasteiger partial charge in [-0.2, -0.15) is 0 Å². The van der Waals surface area contributed by atoms with E-state index in [2.05, 4.69) is 39.2 Å². The van der Waals surface area contributed by atoms with Gasteiger partial charge in [0.1, 0.15) is 0 Å². The van der Waals surface area contributed by atoms with Crippen molar-refractivity contribution in [2.75, 3.05) is 5.32 Å². The molecular weight excluding hydrogens is 344 g/mol. The number of fused-ring (bicyclic) bond motifs is 1. The van der Waals surface area contributed by atoms with E-state index >= 15 is 0 Å². The fourth-order valence-electron chi connectivity index (χ4n) is 1.81. The molecule has 3 aromatic rings. The van der Waals surface area contributed by atoms with Gasteiger partial charge in [0.05, 0.1) is 15.2 Å². The number of rotatable bonds is 2. The lowest BCUT2D eigenvalue weighted by molar-refractivity contribution is 1.39. The average molecular weight is 354 g/mol. The molecule has 19 heavy (non-hydrogen) atoms. The Morgan fingerprint density at radius 1 is 1.26 bits per heavy atom. The molecule has 0 atom stereocenters. The van der Waals surface area contributed by atoms with E-state index in [0.717, 1.165) is 30.5 Å². The molecular formula is C14H10BrClN2S. The third-order valence-electron chi connectivity index (χ3n) is 2.81. The van der Waals surface area contributed by atoms with Crippen LogP contribution in [0.25, 0.3) is 10.2 Å². The van der Waals surface area contributed by atoms with Crippen molar-refractivity contribution in [3.63, 3.8) is 0 Å². The highest BCUT2D eigenvalue weighted by molar-refractivity contribution is 9.10. The largest absolute Gasteiger partial charge is 0.331 e. The van der Waals surface area contributed by atoms with Crippen molar-refractivity contribution >= 4 is 59.9 Å². The van der Waals surface area contributed by atoms with Gasteiger partial charge in [0.2, 0.25) is 0 Å². The molecule has 0 aliphatic heterocycles. The maximum atomic E-state index is 6.16. The molecule has 0 bridgehead atoms. The highest BCUT2D eigenvalue weighted by atomic mass is 79.9. The van der Waals surface area contributed by atoms with Crippen LogP contribution in [0.4, 0.5) is 10.8 Å². The Kier molecular flexibility index (Phi) is 3.48. The molecule has 2 aromatic carbocycles. The van der Waals surface area contributed by atoms with Crippen molar-refractivity contribution in [3.05, 3.63) is 51.5 Å². The van der Waals surface area contributed by atoms with Gasteiger partial charge in [-0.15, -0.1) is 0 Å². The van der Waals surface area contributed by atoms with Crippen molar-refractivity contribution in [1.29, 1.82) is 0 Å². The van der Waals surface area contributed by atoms with Crippen LogP contribution in [-0.4, -0.2) is 4.98 Å². The summed E-state index contributed by atoms with van der Waals surface area (Å²) < 4.78 is 2.05. The van der Waals surface area contributed by atoms with E-state index in [1.165, 1.54) is 5.56 Å². The van der Waals surface area contributed by atoms with Crippen LogP contribution in [0.3, 0.4) is 0 Å². The second kappa shape index (κ2) is 5.12. The minimum absolute atomic E-state index is 0.744. The topological polar surface area (TPSA) is 24.9 Å². The minimum Gasteiger partial charge on any atom is -0.331 e. The van der Waals surface area contributed by atoms with E-state index in [0.29, 0.717) is 0 Å². The summed E-state index contributed by atoms with van der Waals surface area (Å²) in [5, 5.41) is 4.94. The van der Waals surface area contributed by atoms with Gasteiger partial charge in [-0.3, -0.25) is 0 Å². The lowest BCUT2D eigenvalue weighted by Gasteiger charge is -2.06. The number of benzene rings is 2.